The minimum absolute atomic E-state index is 0.121. The number of hydrogen-bond acceptors (Lipinski definition) is 3. The molecule has 1 fully saturated rings. The molecule has 0 saturated heterocycles. The standard InChI is InChI=1S/C26H40O4/c1-2-3-4-7-13-20-29-26-23(16-11-5-6-12-17-25(27)28)18-19-24(26)30-21-22-14-9-8-10-15-22/h8-11,14-16,23-24,26H,2-7,12-13,17-21H2,1H3,(H,27,28). The zero-order valence-electron chi connectivity index (χ0n) is 18.6. The van der Waals surface area contributed by atoms with Crippen molar-refractivity contribution in [1.29, 1.82) is 0 Å². The largest absolute Gasteiger partial charge is 0.481 e. The topological polar surface area (TPSA) is 55.8 Å². The molecule has 1 aliphatic rings. The number of rotatable bonds is 16. The van der Waals surface area contributed by atoms with Crippen LogP contribution in [-0.2, 0) is 20.9 Å². The highest BCUT2D eigenvalue weighted by atomic mass is 16.5. The molecular weight excluding hydrogens is 376 g/mol. The lowest BCUT2D eigenvalue weighted by molar-refractivity contribution is -0.137. The van der Waals surface area contributed by atoms with E-state index in [0.29, 0.717) is 12.5 Å². The van der Waals surface area contributed by atoms with E-state index < -0.39 is 5.97 Å². The molecule has 3 unspecified atom stereocenters. The Bertz CT molecular complexity index is 598. The zero-order valence-corrected chi connectivity index (χ0v) is 18.6. The molecule has 0 heterocycles. The van der Waals surface area contributed by atoms with Gasteiger partial charge in [0, 0.05) is 18.9 Å². The van der Waals surface area contributed by atoms with Crippen molar-refractivity contribution in [2.75, 3.05) is 6.61 Å². The molecule has 1 N–H and O–H groups in total. The summed E-state index contributed by atoms with van der Waals surface area (Å²) >= 11 is 0. The molecule has 0 radical (unpaired) electrons. The van der Waals surface area contributed by atoms with Gasteiger partial charge in [-0.05, 0) is 44.1 Å². The Morgan fingerprint density at radius 2 is 1.83 bits per heavy atom. The van der Waals surface area contributed by atoms with Crippen LogP contribution in [0.15, 0.2) is 42.5 Å². The highest BCUT2D eigenvalue weighted by Crippen LogP contribution is 2.33. The lowest BCUT2D eigenvalue weighted by atomic mass is 10.0. The highest BCUT2D eigenvalue weighted by molar-refractivity contribution is 5.66. The second-order valence-corrected chi connectivity index (χ2v) is 8.39. The van der Waals surface area contributed by atoms with Gasteiger partial charge in [0.15, 0.2) is 0 Å². The van der Waals surface area contributed by atoms with Gasteiger partial charge in [-0.25, -0.2) is 0 Å². The van der Waals surface area contributed by atoms with E-state index in [9.17, 15) is 4.79 Å². The number of carbonyl (C=O) groups is 1. The smallest absolute Gasteiger partial charge is 0.303 e. The van der Waals surface area contributed by atoms with E-state index in [0.717, 1.165) is 45.1 Å². The second-order valence-electron chi connectivity index (χ2n) is 8.39. The number of ether oxygens (including phenoxy) is 2. The van der Waals surface area contributed by atoms with Gasteiger partial charge in [0.2, 0.25) is 0 Å². The Morgan fingerprint density at radius 3 is 2.60 bits per heavy atom. The second kappa shape index (κ2) is 15.2. The molecule has 2 rings (SSSR count). The van der Waals surface area contributed by atoms with Crippen molar-refractivity contribution < 1.29 is 19.4 Å². The molecule has 1 aromatic carbocycles. The molecule has 0 aliphatic heterocycles. The SMILES string of the molecule is CCCCCCCOC1C(C=CCCCCC(=O)O)CCC1OCc1ccccc1. The van der Waals surface area contributed by atoms with Crippen molar-refractivity contribution in [2.45, 2.75) is 96.4 Å². The highest BCUT2D eigenvalue weighted by Gasteiger charge is 2.36. The number of aliphatic carboxylic acids is 1. The third-order valence-electron chi connectivity index (χ3n) is 5.83. The molecular formula is C26H40O4. The van der Waals surface area contributed by atoms with E-state index in [4.69, 9.17) is 14.6 Å². The van der Waals surface area contributed by atoms with Crippen LogP contribution < -0.4 is 0 Å². The summed E-state index contributed by atoms with van der Waals surface area (Å²) in [6.07, 6.45) is 15.9. The fourth-order valence-corrected chi connectivity index (χ4v) is 4.09. The van der Waals surface area contributed by atoms with Gasteiger partial charge < -0.3 is 14.6 Å². The number of hydrogen-bond donors (Lipinski definition) is 1. The summed E-state index contributed by atoms with van der Waals surface area (Å²) in [5.41, 5.74) is 1.20. The molecule has 0 spiro atoms. The Labute approximate surface area is 182 Å². The van der Waals surface area contributed by atoms with Crippen LogP contribution in [0.5, 0.6) is 0 Å². The molecule has 0 amide bonds. The van der Waals surface area contributed by atoms with E-state index >= 15 is 0 Å². The van der Waals surface area contributed by atoms with Crippen LogP contribution in [0, 0.1) is 5.92 Å². The monoisotopic (exact) mass is 416 g/mol. The van der Waals surface area contributed by atoms with Crippen LogP contribution in [0.1, 0.15) is 83.1 Å². The molecule has 4 nitrogen and oxygen atoms in total. The van der Waals surface area contributed by atoms with Crippen molar-refractivity contribution in [1.82, 2.24) is 0 Å². The average molecular weight is 417 g/mol. The van der Waals surface area contributed by atoms with Crippen molar-refractivity contribution in [3.63, 3.8) is 0 Å². The fraction of sp³-hybridized carbons (Fsp3) is 0.654. The number of benzene rings is 1. The Hall–Kier alpha value is -1.65. The quantitative estimate of drug-likeness (QED) is 0.246. The first-order valence-electron chi connectivity index (χ1n) is 11.9. The first kappa shape index (κ1) is 24.6. The Kier molecular flexibility index (Phi) is 12.5. The van der Waals surface area contributed by atoms with Gasteiger partial charge >= 0.3 is 5.97 Å². The minimum atomic E-state index is -0.708. The van der Waals surface area contributed by atoms with Gasteiger partial charge in [-0.1, -0.05) is 75.1 Å². The third-order valence-corrected chi connectivity index (χ3v) is 5.83. The number of carboxylic acids is 1. The molecule has 1 aliphatic carbocycles. The van der Waals surface area contributed by atoms with Crippen molar-refractivity contribution in [2.24, 2.45) is 5.92 Å². The van der Waals surface area contributed by atoms with Gasteiger partial charge in [-0.15, -0.1) is 0 Å². The summed E-state index contributed by atoms with van der Waals surface area (Å²) < 4.78 is 12.6. The average Bonchev–Trinajstić information content (AvgIpc) is 3.13. The number of allylic oxidation sites excluding steroid dienone is 1. The van der Waals surface area contributed by atoms with Crippen LogP contribution in [-0.4, -0.2) is 29.9 Å². The maximum absolute atomic E-state index is 10.6. The van der Waals surface area contributed by atoms with E-state index in [1.807, 2.05) is 18.2 Å². The molecule has 3 atom stereocenters. The molecule has 1 aromatic rings. The minimum Gasteiger partial charge on any atom is -0.481 e. The van der Waals surface area contributed by atoms with Crippen molar-refractivity contribution in [3.05, 3.63) is 48.0 Å². The first-order chi connectivity index (χ1) is 14.7. The lowest BCUT2D eigenvalue weighted by Gasteiger charge is -2.24. The van der Waals surface area contributed by atoms with E-state index in [1.54, 1.807) is 0 Å². The van der Waals surface area contributed by atoms with Gasteiger partial charge in [-0.2, -0.15) is 0 Å². The number of unbranched alkanes of at least 4 members (excludes halogenated alkanes) is 6. The Morgan fingerprint density at radius 1 is 1.03 bits per heavy atom. The van der Waals surface area contributed by atoms with Crippen LogP contribution in [0.3, 0.4) is 0 Å². The van der Waals surface area contributed by atoms with Crippen LogP contribution in [0.4, 0.5) is 0 Å². The van der Waals surface area contributed by atoms with Crippen LogP contribution in [0.25, 0.3) is 0 Å². The van der Waals surface area contributed by atoms with Crippen molar-refractivity contribution >= 4 is 5.97 Å². The molecule has 4 heteroatoms. The third kappa shape index (κ3) is 9.90. The summed E-state index contributed by atoms with van der Waals surface area (Å²) in [5, 5.41) is 8.74. The zero-order chi connectivity index (χ0) is 21.4. The number of carboxylic acid groups (broad SMARTS) is 1. The Balaban J connectivity index is 1.81. The molecule has 1 saturated carbocycles. The molecule has 168 valence electrons. The van der Waals surface area contributed by atoms with Crippen LogP contribution in [0.2, 0.25) is 0 Å². The van der Waals surface area contributed by atoms with E-state index in [2.05, 4.69) is 31.2 Å². The van der Waals surface area contributed by atoms with Crippen LogP contribution >= 0.6 is 0 Å². The predicted molar refractivity (Wildman–Crippen MR) is 121 cm³/mol. The lowest BCUT2D eigenvalue weighted by Crippen LogP contribution is -2.31. The van der Waals surface area contributed by atoms with Gasteiger partial charge in [0.1, 0.15) is 0 Å². The van der Waals surface area contributed by atoms with Crippen molar-refractivity contribution in [3.8, 4) is 0 Å². The summed E-state index contributed by atoms with van der Waals surface area (Å²) in [6.45, 7) is 3.68. The van der Waals surface area contributed by atoms with E-state index in [1.165, 1.54) is 31.2 Å². The summed E-state index contributed by atoms with van der Waals surface area (Å²) in [7, 11) is 0. The predicted octanol–water partition coefficient (Wildman–Crippen LogP) is 6.54. The molecule has 30 heavy (non-hydrogen) atoms. The molecule has 0 aromatic heterocycles. The maximum Gasteiger partial charge on any atom is 0.303 e. The first-order valence-corrected chi connectivity index (χ1v) is 11.9. The fourth-order valence-electron chi connectivity index (χ4n) is 4.09. The summed E-state index contributed by atoms with van der Waals surface area (Å²) in [4.78, 5) is 10.6. The molecule has 0 bridgehead atoms. The maximum atomic E-state index is 10.6. The summed E-state index contributed by atoms with van der Waals surface area (Å²) in [6, 6.07) is 10.3. The van der Waals surface area contributed by atoms with Gasteiger partial charge in [-0.3, -0.25) is 4.79 Å². The van der Waals surface area contributed by atoms with Gasteiger partial charge in [0.25, 0.3) is 0 Å². The summed E-state index contributed by atoms with van der Waals surface area (Å²) in [5.74, 6) is -0.318. The van der Waals surface area contributed by atoms with E-state index in [-0.39, 0.29) is 18.6 Å². The van der Waals surface area contributed by atoms with Gasteiger partial charge in [0.05, 0.1) is 18.8 Å². The normalized spacial score (nSPS) is 21.4.